The minimum Gasteiger partial charge on any atom is -0.308 e. The quantitative estimate of drug-likeness (QED) is 0.512. The number of nitrogens with zero attached hydrogens (tertiary/aromatic N) is 2. The van der Waals surface area contributed by atoms with Crippen molar-refractivity contribution in [2.45, 2.75) is 49.5 Å². The molecule has 0 saturated heterocycles. The van der Waals surface area contributed by atoms with Crippen LogP contribution in [0.3, 0.4) is 0 Å². The van der Waals surface area contributed by atoms with Crippen molar-refractivity contribution in [3.05, 3.63) is 40.7 Å². The van der Waals surface area contributed by atoms with Crippen molar-refractivity contribution in [3.63, 3.8) is 0 Å². The maximum atomic E-state index is 5.61. The number of nitrogens with one attached hydrogen (secondary N) is 1. The molecule has 1 fully saturated rings. The fourth-order valence-corrected chi connectivity index (χ4v) is 3.27. The molecule has 1 aromatic carbocycles. The van der Waals surface area contributed by atoms with Gasteiger partial charge in [-0.15, -0.1) is 0 Å². The number of hydrazine groups is 1. The molecule has 3 rings (SSSR count). The van der Waals surface area contributed by atoms with Crippen LogP contribution in [0.2, 0.25) is 0 Å². The second kappa shape index (κ2) is 5.66. The summed E-state index contributed by atoms with van der Waals surface area (Å²) >= 11 is 1.70. The molecule has 0 bridgehead atoms. The van der Waals surface area contributed by atoms with Crippen molar-refractivity contribution in [1.29, 1.82) is 0 Å². The van der Waals surface area contributed by atoms with E-state index in [0.29, 0.717) is 5.92 Å². The number of nitrogens with two attached hydrogens (primary N) is 1. The molecule has 0 aliphatic heterocycles. The van der Waals surface area contributed by atoms with E-state index in [9.17, 15) is 0 Å². The topological polar surface area (TPSA) is 63.8 Å². The number of benzene rings is 1. The van der Waals surface area contributed by atoms with Gasteiger partial charge in [0.25, 0.3) is 0 Å². The molecule has 0 atom stereocenters. The van der Waals surface area contributed by atoms with Crippen molar-refractivity contribution in [2.75, 3.05) is 5.43 Å². The highest BCUT2D eigenvalue weighted by molar-refractivity contribution is 7.99. The molecule has 0 unspecified atom stereocenters. The van der Waals surface area contributed by atoms with Crippen LogP contribution in [-0.2, 0) is 0 Å². The zero-order chi connectivity index (χ0) is 15.0. The molecule has 21 heavy (non-hydrogen) atoms. The van der Waals surface area contributed by atoms with Crippen molar-refractivity contribution < 1.29 is 0 Å². The van der Waals surface area contributed by atoms with E-state index in [1.807, 2.05) is 6.92 Å². The Morgan fingerprint density at radius 2 is 1.95 bits per heavy atom. The monoisotopic (exact) mass is 300 g/mol. The summed E-state index contributed by atoms with van der Waals surface area (Å²) in [6.07, 6.45) is 2.36. The molecular formula is C16H20N4S. The lowest BCUT2D eigenvalue weighted by Gasteiger charge is -2.13. The van der Waals surface area contributed by atoms with Crippen molar-refractivity contribution in [3.8, 4) is 0 Å². The summed E-state index contributed by atoms with van der Waals surface area (Å²) in [6, 6.07) is 6.49. The lowest BCUT2D eigenvalue weighted by molar-refractivity contribution is 0.862. The van der Waals surface area contributed by atoms with Gasteiger partial charge in [0.1, 0.15) is 16.7 Å². The summed E-state index contributed by atoms with van der Waals surface area (Å²) in [7, 11) is 0. The van der Waals surface area contributed by atoms with Gasteiger partial charge in [0.15, 0.2) is 0 Å². The Balaban J connectivity index is 2.00. The van der Waals surface area contributed by atoms with Gasteiger partial charge in [0, 0.05) is 16.4 Å². The Bertz CT molecular complexity index is 680. The number of rotatable bonds is 4. The third-order valence-corrected chi connectivity index (χ3v) is 5.00. The van der Waals surface area contributed by atoms with Gasteiger partial charge in [-0.1, -0.05) is 23.9 Å². The minimum absolute atomic E-state index is 0.510. The summed E-state index contributed by atoms with van der Waals surface area (Å²) in [6.45, 7) is 6.25. The summed E-state index contributed by atoms with van der Waals surface area (Å²) in [5.74, 6) is 7.77. The van der Waals surface area contributed by atoms with Crippen LogP contribution in [0.5, 0.6) is 0 Å². The number of hydrogen-bond donors (Lipinski definition) is 2. The summed E-state index contributed by atoms with van der Waals surface area (Å²) in [4.78, 5) is 10.5. The number of aryl methyl sites for hydroxylation is 2. The Kier molecular flexibility index (Phi) is 3.87. The first-order chi connectivity index (χ1) is 10.1. The Labute approximate surface area is 129 Å². The van der Waals surface area contributed by atoms with Crippen LogP contribution in [0.25, 0.3) is 0 Å². The summed E-state index contributed by atoms with van der Waals surface area (Å²) in [5.41, 5.74) is 6.23. The van der Waals surface area contributed by atoms with Gasteiger partial charge < -0.3 is 5.43 Å². The molecule has 0 amide bonds. The molecule has 0 radical (unpaired) electrons. The van der Waals surface area contributed by atoms with E-state index in [2.05, 4.69) is 42.5 Å². The van der Waals surface area contributed by atoms with Gasteiger partial charge in [-0.3, -0.25) is 0 Å². The molecule has 4 nitrogen and oxygen atoms in total. The molecule has 1 heterocycles. The Hall–Kier alpha value is -1.59. The first kappa shape index (κ1) is 14.4. The fourth-order valence-electron chi connectivity index (χ4n) is 2.20. The third kappa shape index (κ3) is 3.04. The number of anilines is 1. The molecule has 5 heteroatoms. The average Bonchev–Trinajstić information content (AvgIpc) is 3.29. The molecule has 110 valence electrons. The van der Waals surface area contributed by atoms with Crippen LogP contribution in [0.1, 0.15) is 41.3 Å². The normalized spacial score (nSPS) is 14.3. The zero-order valence-electron chi connectivity index (χ0n) is 12.6. The van der Waals surface area contributed by atoms with Crippen LogP contribution < -0.4 is 11.3 Å². The minimum atomic E-state index is 0.510. The molecule has 2 aromatic rings. The largest absolute Gasteiger partial charge is 0.308 e. The maximum absolute atomic E-state index is 5.61. The molecule has 3 N–H and O–H groups in total. The second-order valence-corrected chi connectivity index (χ2v) is 6.68. The van der Waals surface area contributed by atoms with Gasteiger partial charge >= 0.3 is 0 Å². The van der Waals surface area contributed by atoms with Gasteiger partial charge in [0.05, 0.1) is 0 Å². The van der Waals surface area contributed by atoms with Crippen molar-refractivity contribution in [2.24, 2.45) is 5.84 Å². The lowest BCUT2D eigenvalue weighted by atomic mass is 10.2. The fraction of sp³-hybridized carbons (Fsp3) is 0.375. The van der Waals surface area contributed by atoms with E-state index in [4.69, 9.17) is 10.8 Å². The average molecular weight is 300 g/mol. The molecule has 1 saturated carbocycles. The van der Waals surface area contributed by atoms with E-state index in [-0.39, 0.29) is 0 Å². The van der Waals surface area contributed by atoms with Crippen LogP contribution >= 0.6 is 11.8 Å². The predicted octanol–water partition coefficient (Wildman–Crippen LogP) is 3.72. The Morgan fingerprint density at radius 3 is 2.62 bits per heavy atom. The standard InChI is InChI=1S/C16H20N4S/c1-9-4-5-10(2)13(8-9)21-16-11(3)14(20-17)18-15(19-16)12-6-7-12/h4-5,8,12H,6-7,17H2,1-3H3,(H,18,19,20). The SMILES string of the molecule is Cc1ccc(C)c(Sc2nc(C3CC3)nc(NN)c2C)c1. The van der Waals surface area contributed by atoms with Gasteiger partial charge in [-0.05, 0) is 50.8 Å². The highest BCUT2D eigenvalue weighted by Gasteiger charge is 2.28. The molecular weight excluding hydrogens is 280 g/mol. The zero-order valence-corrected chi connectivity index (χ0v) is 13.4. The molecule has 0 spiro atoms. The number of nitrogen functional groups attached to an aromatic ring is 1. The van der Waals surface area contributed by atoms with Crippen LogP contribution in [0.15, 0.2) is 28.1 Å². The molecule has 1 aromatic heterocycles. The van der Waals surface area contributed by atoms with E-state index in [1.54, 1.807) is 11.8 Å². The predicted molar refractivity (Wildman–Crippen MR) is 86.6 cm³/mol. The van der Waals surface area contributed by atoms with E-state index < -0.39 is 0 Å². The van der Waals surface area contributed by atoms with Crippen molar-refractivity contribution >= 4 is 17.6 Å². The second-order valence-electron chi connectivity index (χ2n) is 5.65. The molecule has 1 aliphatic rings. The van der Waals surface area contributed by atoms with E-state index in [1.165, 1.54) is 28.9 Å². The molecule has 1 aliphatic carbocycles. The lowest BCUT2D eigenvalue weighted by Crippen LogP contribution is -2.13. The van der Waals surface area contributed by atoms with Gasteiger partial charge in [-0.25, -0.2) is 15.8 Å². The van der Waals surface area contributed by atoms with Crippen LogP contribution in [0.4, 0.5) is 5.82 Å². The van der Waals surface area contributed by atoms with Crippen LogP contribution in [0, 0.1) is 20.8 Å². The summed E-state index contributed by atoms with van der Waals surface area (Å²) in [5, 5.41) is 0.994. The first-order valence-corrected chi connectivity index (χ1v) is 8.00. The van der Waals surface area contributed by atoms with E-state index in [0.717, 1.165) is 22.2 Å². The highest BCUT2D eigenvalue weighted by Crippen LogP contribution is 2.41. The third-order valence-electron chi connectivity index (χ3n) is 3.75. The summed E-state index contributed by atoms with van der Waals surface area (Å²) < 4.78 is 0. The van der Waals surface area contributed by atoms with Crippen molar-refractivity contribution in [1.82, 2.24) is 9.97 Å². The maximum Gasteiger partial charge on any atom is 0.147 e. The van der Waals surface area contributed by atoms with Gasteiger partial charge in [0.2, 0.25) is 0 Å². The number of aromatic nitrogens is 2. The first-order valence-electron chi connectivity index (χ1n) is 7.18. The van der Waals surface area contributed by atoms with Gasteiger partial charge in [-0.2, -0.15) is 0 Å². The highest BCUT2D eigenvalue weighted by atomic mass is 32.2. The van der Waals surface area contributed by atoms with E-state index >= 15 is 0 Å². The van der Waals surface area contributed by atoms with Crippen LogP contribution in [-0.4, -0.2) is 9.97 Å². The smallest absolute Gasteiger partial charge is 0.147 e. The number of hydrogen-bond acceptors (Lipinski definition) is 5. The Morgan fingerprint density at radius 1 is 1.19 bits per heavy atom.